The lowest BCUT2D eigenvalue weighted by Crippen LogP contribution is -2.50. The van der Waals surface area contributed by atoms with Gasteiger partial charge in [-0.2, -0.15) is 0 Å². The molecule has 0 bridgehead atoms. The van der Waals surface area contributed by atoms with Crippen molar-refractivity contribution in [1.29, 1.82) is 0 Å². The van der Waals surface area contributed by atoms with Crippen LogP contribution in [0.3, 0.4) is 0 Å². The second-order valence-corrected chi connectivity index (χ2v) is 6.06. The largest absolute Gasteiger partial charge is 0.383 e. The molecule has 0 spiro atoms. The van der Waals surface area contributed by atoms with Crippen molar-refractivity contribution >= 4 is 17.5 Å². The molecule has 0 aromatic heterocycles. The number of methoxy groups -OCH3 is 1. The van der Waals surface area contributed by atoms with Gasteiger partial charge in [0, 0.05) is 37.3 Å². The molecule has 0 saturated carbocycles. The van der Waals surface area contributed by atoms with Gasteiger partial charge in [-0.25, -0.2) is 0 Å². The zero-order chi connectivity index (χ0) is 16.0. The number of carbonyl (C=O) groups is 1. The monoisotopic (exact) mass is 326 g/mol. The summed E-state index contributed by atoms with van der Waals surface area (Å²) >= 11 is 6.38. The number of amides is 1. The quantitative estimate of drug-likeness (QED) is 0.830. The maximum Gasteiger partial charge on any atom is 0.239 e. The van der Waals surface area contributed by atoms with Crippen molar-refractivity contribution < 1.29 is 14.3 Å². The minimum absolute atomic E-state index is 0.202. The Balaban J connectivity index is 2.13. The molecular formula is C16H23ClN2O3. The summed E-state index contributed by atoms with van der Waals surface area (Å²) in [5, 5.41) is 3.67. The number of nitrogens with one attached hydrogen (secondary N) is 1. The van der Waals surface area contributed by atoms with E-state index in [9.17, 15) is 4.79 Å². The van der Waals surface area contributed by atoms with Crippen LogP contribution in [0.2, 0.25) is 5.02 Å². The van der Waals surface area contributed by atoms with Gasteiger partial charge >= 0.3 is 0 Å². The summed E-state index contributed by atoms with van der Waals surface area (Å²) in [6, 6.07) is 7.12. The molecule has 122 valence electrons. The fraction of sp³-hybridized carbons (Fsp3) is 0.562. The van der Waals surface area contributed by atoms with E-state index in [1.54, 1.807) is 0 Å². The average Bonchev–Trinajstić information content (AvgIpc) is 2.54. The fourth-order valence-corrected chi connectivity index (χ4v) is 3.17. The van der Waals surface area contributed by atoms with Gasteiger partial charge in [-0.05, 0) is 24.5 Å². The molecule has 1 amide bonds. The third-order valence-electron chi connectivity index (χ3n) is 4.18. The van der Waals surface area contributed by atoms with Crippen molar-refractivity contribution in [2.45, 2.75) is 24.3 Å². The van der Waals surface area contributed by atoms with Crippen molar-refractivity contribution in [3.8, 4) is 0 Å². The van der Waals surface area contributed by atoms with Gasteiger partial charge in [0.2, 0.25) is 5.91 Å². The van der Waals surface area contributed by atoms with Crippen LogP contribution in [-0.2, 0) is 19.7 Å². The molecule has 0 aliphatic carbocycles. The predicted molar refractivity (Wildman–Crippen MR) is 86.0 cm³/mol. The number of nitrogens with two attached hydrogens (primary N) is 1. The lowest BCUT2D eigenvalue weighted by atomic mass is 9.74. The first-order chi connectivity index (χ1) is 10.6. The minimum Gasteiger partial charge on any atom is -0.383 e. The third kappa shape index (κ3) is 3.98. The Hall–Kier alpha value is -1.14. The summed E-state index contributed by atoms with van der Waals surface area (Å²) in [6.07, 6.45) is 1.63. The van der Waals surface area contributed by atoms with E-state index in [0.29, 0.717) is 19.8 Å². The molecule has 1 heterocycles. The van der Waals surface area contributed by atoms with Crippen LogP contribution in [0.1, 0.15) is 18.4 Å². The molecule has 1 aromatic carbocycles. The number of benzene rings is 1. The van der Waals surface area contributed by atoms with E-state index in [2.05, 4.69) is 5.32 Å². The molecule has 1 aliphatic heterocycles. The third-order valence-corrected chi connectivity index (χ3v) is 4.51. The van der Waals surface area contributed by atoms with E-state index in [1.165, 1.54) is 7.11 Å². The van der Waals surface area contributed by atoms with Crippen LogP contribution in [0.15, 0.2) is 24.3 Å². The highest BCUT2D eigenvalue weighted by Crippen LogP contribution is 2.38. The van der Waals surface area contributed by atoms with Crippen molar-refractivity contribution in [3.63, 3.8) is 0 Å². The summed E-state index contributed by atoms with van der Waals surface area (Å²) in [6.45, 7) is 2.01. The van der Waals surface area contributed by atoms with E-state index in [0.717, 1.165) is 23.4 Å². The molecule has 2 rings (SSSR count). The molecule has 1 atom stereocenters. The van der Waals surface area contributed by atoms with Crippen LogP contribution in [0.25, 0.3) is 0 Å². The second kappa shape index (κ2) is 7.92. The summed E-state index contributed by atoms with van der Waals surface area (Å²) in [5.41, 5.74) is 6.61. The van der Waals surface area contributed by atoms with Gasteiger partial charge in [0.15, 0.2) is 0 Å². The van der Waals surface area contributed by atoms with Crippen LogP contribution in [0.4, 0.5) is 0 Å². The lowest BCUT2D eigenvalue weighted by molar-refractivity contribution is -0.124. The van der Waals surface area contributed by atoms with E-state index in [-0.39, 0.29) is 17.9 Å². The Morgan fingerprint density at radius 1 is 1.45 bits per heavy atom. The van der Waals surface area contributed by atoms with Crippen LogP contribution in [0, 0.1) is 0 Å². The van der Waals surface area contributed by atoms with E-state index in [1.807, 2.05) is 24.3 Å². The first-order valence-electron chi connectivity index (χ1n) is 7.44. The van der Waals surface area contributed by atoms with Gasteiger partial charge in [-0.1, -0.05) is 29.8 Å². The summed E-state index contributed by atoms with van der Waals surface area (Å²) in [5.74, 6) is -0.209. The highest BCUT2D eigenvalue weighted by atomic mass is 35.5. The van der Waals surface area contributed by atoms with Gasteiger partial charge in [0.25, 0.3) is 0 Å². The Labute approximate surface area is 136 Å². The Morgan fingerprint density at radius 2 is 2.14 bits per heavy atom. The number of hydrogen-bond donors (Lipinski definition) is 2. The Bertz CT molecular complexity index is 504. The highest BCUT2D eigenvalue weighted by molar-refractivity contribution is 6.31. The zero-order valence-electron chi connectivity index (χ0n) is 12.8. The molecule has 1 fully saturated rings. The number of hydrogen-bond acceptors (Lipinski definition) is 4. The predicted octanol–water partition coefficient (Wildman–Crippen LogP) is 1.48. The fourth-order valence-electron chi connectivity index (χ4n) is 2.84. The number of halogens is 1. The number of ether oxygens (including phenoxy) is 2. The molecule has 1 unspecified atom stereocenters. The molecule has 1 aromatic rings. The van der Waals surface area contributed by atoms with Gasteiger partial charge in [0.05, 0.1) is 6.61 Å². The van der Waals surface area contributed by atoms with Gasteiger partial charge in [-0.15, -0.1) is 0 Å². The summed E-state index contributed by atoms with van der Waals surface area (Å²) in [7, 11) is 1.52. The molecule has 6 heteroatoms. The van der Waals surface area contributed by atoms with Crippen LogP contribution < -0.4 is 11.1 Å². The van der Waals surface area contributed by atoms with Crippen LogP contribution >= 0.6 is 11.6 Å². The Kier molecular flexibility index (Phi) is 6.20. The standard InChI is InChI=1S/C16H23ClN2O3/c1-21-10-14(18)15(20)19-11-16(6-8-22-9-7-16)12-4-2-3-5-13(12)17/h2-5,14H,6-11,18H2,1H3,(H,19,20). The van der Waals surface area contributed by atoms with Gasteiger partial charge in [0.1, 0.15) is 6.04 Å². The number of rotatable bonds is 6. The zero-order valence-corrected chi connectivity index (χ0v) is 13.6. The summed E-state index contributed by atoms with van der Waals surface area (Å²) in [4.78, 5) is 12.1. The van der Waals surface area contributed by atoms with Crippen LogP contribution in [-0.4, -0.2) is 45.4 Å². The molecule has 0 radical (unpaired) electrons. The van der Waals surface area contributed by atoms with E-state index >= 15 is 0 Å². The van der Waals surface area contributed by atoms with E-state index < -0.39 is 6.04 Å². The first kappa shape index (κ1) is 17.2. The van der Waals surface area contributed by atoms with Crippen molar-refractivity contribution in [2.75, 3.05) is 33.5 Å². The maximum atomic E-state index is 12.1. The first-order valence-corrected chi connectivity index (χ1v) is 7.82. The maximum absolute atomic E-state index is 12.1. The molecule has 22 heavy (non-hydrogen) atoms. The van der Waals surface area contributed by atoms with Gasteiger partial charge in [-0.3, -0.25) is 4.79 Å². The highest BCUT2D eigenvalue weighted by Gasteiger charge is 2.36. The van der Waals surface area contributed by atoms with Crippen molar-refractivity contribution in [1.82, 2.24) is 5.32 Å². The van der Waals surface area contributed by atoms with Gasteiger partial charge < -0.3 is 20.5 Å². The smallest absolute Gasteiger partial charge is 0.239 e. The molecule has 1 aliphatic rings. The molecule has 1 saturated heterocycles. The van der Waals surface area contributed by atoms with Crippen molar-refractivity contribution in [2.24, 2.45) is 5.73 Å². The molecule has 5 nitrogen and oxygen atoms in total. The van der Waals surface area contributed by atoms with E-state index in [4.69, 9.17) is 26.8 Å². The average molecular weight is 327 g/mol. The lowest BCUT2D eigenvalue weighted by Gasteiger charge is -2.38. The molecular weight excluding hydrogens is 304 g/mol. The van der Waals surface area contributed by atoms with Crippen molar-refractivity contribution in [3.05, 3.63) is 34.9 Å². The minimum atomic E-state index is -0.659. The second-order valence-electron chi connectivity index (χ2n) is 5.65. The summed E-state index contributed by atoms with van der Waals surface area (Å²) < 4.78 is 10.4. The van der Waals surface area contributed by atoms with Crippen LogP contribution in [0.5, 0.6) is 0 Å². The Morgan fingerprint density at radius 3 is 2.77 bits per heavy atom. The SMILES string of the molecule is COCC(N)C(=O)NCC1(c2ccccc2Cl)CCOCC1. The molecule has 3 N–H and O–H groups in total. The number of carbonyl (C=O) groups excluding carboxylic acids is 1. The topological polar surface area (TPSA) is 73.6 Å². The normalized spacial score (nSPS) is 18.7.